The lowest BCUT2D eigenvalue weighted by atomic mass is 10.1. The van der Waals surface area contributed by atoms with Crippen LogP contribution in [0, 0.1) is 12.3 Å². The Kier molecular flexibility index (Phi) is 5.86. The first-order valence-electron chi connectivity index (χ1n) is 3.75. The standard InChI is InChI=1S/C8H16N2O/c1-4-6-8(11-3)7(5-2)10-9/h2,7-8,10H,4,6,9H2,1,3H3. The smallest absolute Gasteiger partial charge is 0.107 e. The molecule has 0 aromatic carbocycles. The van der Waals surface area contributed by atoms with E-state index in [1.165, 1.54) is 0 Å². The van der Waals surface area contributed by atoms with Crippen molar-refractivity contribution < 1.29 is 4.74 Å². The predicted octanol–water partition coefficient (Wildman–Crippen LogP) is 0.267. The van der Waals surface area contributed by atoms with E-state index in [1.807, 2.05) is 0 Å². The van der Waals surface area contributed by atoms with Crippen LogP contribution in [-0.2, 0) is 4.74 Å². The number of ether oxygens (including phenoxy) is 1. The number of hydrogen-bond donors (Lipinski definition) is 2. The Morgan fingerprint density at radius 3 is 2.64 bits per heavy atom. The van der Waals surface area contributed by atoms with Crippen LogP contribution < -0.4 is 11.3 Å². The zero-order valence-electron chi connectivity index (χ0n) is 7.13. The van der Waals surface area contributed by atoms with Gasteiger partial charge in [0.05, 0.1) is 6.10 Å². The lowest BCUT2D eigenvalue weighted by Gasteiger charge is -2.19. The first-order valence-corrected chi connectivity index (χ1v) is 3.75. The number of hydrogen-bond acceptors (Lipinski definition) is 3. The van der Waals surface area contributed by atoms with Crippen molar-refractivity contribution in [2.75, 3.05) is 7.11 Å². The van der Waals surface area contributed by atoms with Gasteiger partial charge in [0, 0.05) is 7.11 Å². The Hall–Kier alpha value is -0.560. The Balaban J connectivity index is 3.89. The molecule has 0 aromatic heterocycles. The van der Waals surface area contributed by atoms with E-state index in [0.717, 1.165) is 12.8 Å². The van der Waals surface area contributed by atoms with Crippen molar-refractivity contribution in [2.45, 2.75) is 31.9 Å². The van der Waals surface area contributed by atoms with Gasteiger partial charge in [0.25, 0.3) is 0 Å². The molecule has 0 aliphatic rings. The van der Waals surface area contributed by atoms with Crippen LogP contribution >= 0.6 is 0 Å². The first kappa shape index (κ1) is 10.4. The molecule has 0 spiro atoms. The third-order valence-electron chi connectivity index (χ3n) is 1.61. The summed E-state index contributed by atoms with van der Waals surface area (Å²) in [7, 11) is 1.64. The molecule has 2 unspecified atom stereocenters. The van der Waals surface area contributed by atoms with E-state index < -0.39 is 0 Å². The van der Waals surface area contributed by atoms with E-state index in [-0.39, 0.29) is 12.1 Å². The zero-order chi connectivity index (χ0) is 8.69. The number of methoxy groups -OCH3 is 1. The van der Waals surface area contributed by atoms with Gasteiger partial charge >= 0.3 is 0 Å². The van der Waals surface area contributed by atoms with Crippen LogP contribution in [0.25, 0.3) is 0 Å². The summed E-state index contributed by atoms with van der Waals surface area (Å²) in [6.07, 6.45) is 7.21. The molecule has 0 radical (unpaired) electrons. The fourth-order valence-corrected chi connectivity index (χ4v) is 0.968. The second-order valence-corrected chi connectivity index (χ2v) is 2.37. The number of rotatable bonds is 5. The summed E-state index contributed by atoms with van der Waals surface area (Å²) in [5, 5.41) is 0. The van der Waals surface area contributed by atoms with E-state index >= 15 is 0 Å². The van der Waals surface area contributed by atoms with Crippen LogP contribution in [0.5, 0.6) is 0 Å². The van der Waals surface area contributed by atoms with Gasteiger partial charge in [0.1, 0.15) is 6.04 Å². The van der Waals surface area contributed by atoms with Crippen molar-refractivity contribution in [3.05, 3.63) is 0 Å². The quantitative estimate of drug-likeness (QED) is 0.341. The molecule has 64 valence electrons. The minimum Gasteiger partial charge on any atom is -0.379 e. The summed E-state index contributed by atoms with van der Waals surface area (Å²) >= 11 is 0. The lowest BCUT2D eigenvalue weighted by Crippen LogP contribution is -2.43. The fraction of sp³-hybridized carbons (Fsp3) is 0.750. The molecule has 11 heavy (non-hydrogen) atoms. The molecule has 0 bridgehead atoms. The van der Waals surface area contributed by atoms with Gasteiger partial charge in [0.2, 0.25) is 0 Å². The van der Waals surface area contributed by atoms with Crippen LogP contribution in [0.15, 0.2) is 0 Å². The Labute approximate surface area is 68.3 Å². The van der Waals surface area contributed by atoms with Crippen LogP contribution in [0.2, 0.25) is 0 Å². The predicted molar refractivity (Wildman–Crippen MR) is 45.6 cm³/mol. The molecular weight excluding hydrogens is 140 g/mol. The van der Waals surface area contributed by atoms with Crippen molar-refractivity contribution in [1.82, 2.24) is 5.43 Å². The molecule has 0 fully saturated rings. The minimum absolute atomic E-state index is 0.0231. The van der Waals surface area contributed by atoms with Crippen LogP contribution in [-0.4, -0.2) is 19.3 Å². The van der Waals surface area contributed by atoms with Gasteiger partial charge in [-0.25, -0.2) is 5.43 Å². The van der Waals surface area contributed by atoms with Crippen molar-refractivity contribution in [3.8, 4) is 12.3 Å². The van der Waals surface area contributed by atoms with Crippen LogP contribution in [0.3, 0.4) is 0 Å². The highest BCUT2D eigenvalue weighted by Gasteiger charge is 2.15. The van der Waals surface area contributed by atoms with E-state index in [2.05, 4.69) is 18.3 Å². The molecule has 0 aliphatic carbocycles. The molecule has 0 amide bonds. The molecule has 0 aromatic rings. The monoisotopic (exact) mass is 156 g/mol. The average molecular weight is 156 g/mol. The number of hydrazine groups is 1. The average Bonchev–Trinajstić information content (AvgIpc) is 2.05. The lowest BCUT2D eigenvalue weighted by molar-refractivity contribution is 0.0769. The van der Waals surface area contributed by atoms with Gasteiger partial charge in [-0.3, -0.25) is 5.84 Å². The topological polar surface area (TPSA) is 47.3 Å². The SMILES string of the molecule is C#CC(NN)C(CCC)OC. The Bertz CT molecular complexity index is 131. The molecule has 0 saturated heterocycles. The normalized spacial score (nSPS) is 15.5. The van der Waals surface area contributed by atoms with Crippen molar-refractivity contribution in [3.63, 3.8) is 0 Å². The van der Waals surface area contributed by atoms with Gasteiger partial charge in [-0.15, -0.1) is 6.42 Å². The van der Waals surface area contributed by atoms with E-state index in [9.17, 15) is 0 Å². The van der Waals surface area contributed by atoms with Gasteiger partial charge in [-0.05, 0) is 6.42 Å². The van der Waals surface area contributed by atoms with Crippen molar-refractivity contribution in [2.24, 2.45) is 5.84 Å². The second-order valence-electron chi connectivity index (χ2n) is 2.37. The molecule has 3 N–H and O–H groups in total. The van der Waals surface area contributed by atoms with Crippen molar-refractivity contribution >= 4 is 0 Å². The van der Waals surface area contributed by atoms with E-state index in [4.69, 9.17) is 17.0 Å². The molecule has 2 atom stereocenters. The highest BCUT2D eigenvalue weighted by Crippen LogP contribution is 2.04. The molecule has 3 nitrogen and oxygen atoms in total. The number of nitrogens with one attached hydrogen (secondary N) is 1. The Morgan fingerprint density at radius 1 is 1.73 bits per heavy atom. The van der Waals surface area contributed by atoms with Gasteiger partial charge in [0.15, 0.2) is 0 Å². The summed E-state index contributed by atoms with van der Waals surface area (Å²) in [5.74, 6) is 7.74. The second kappa shape index (κ2) is 6.17. The van der Waals surface area contributed by atoms with Crippen LogP contribution in [0.1, 0.15) is 19.8 Å². The third kappa shape index (κ3) is 3.38. The molecule has 0 aliphatic heterocycles. The highest BCUT2D eigenvalue weighted by molar-refractivity contribution is 5.01. The largest absolute Gasteiger partial charge is 0.379 e. The molecule has 0 heterocycles. The summed E-state index contributed by atoms with van der Waals surface area (Å²) in [6, 6.07) is -0.181. The van der Waals surface area contributed by atoms with Gasteiger partial charge in [-0.2, -0.15) is 0 Å². The highest BCUT2D eigenvalue weighted by atomic mass is 16.5. The molecule has 3 heteroatoms. The first-order chi connectivity index (χ1) is 5.29. The summed E-state index contributed by atoms with van der Waals surface area (Å²) in [4.78, 5) is 0. The Morgan fingerprint density at radius 2 is 2.36 bits per heavy atom. The van der Waals surface area contributed by atoms with Crippen LogP contribution in [0.4, 0.5) is 0 Å². The number of terminal acetylenes is 1. The third-order valence-corrected chi connectivity index (χ3v) is 1.61. The minimum atomic E-state index is -0.181. The maximum Gasteiger partial charge on any atom is 0.107 e. The zero-order valence-corrected chi connectivity index (χ0v) is 7.13. The molecule has 0 rings (SSSR count). The van der Waals surface area contributed by atoms with E-state index in [0.29, 0.717) is 0 Å². The summed E-state index contributed by atoms with van der Waals surface area (Å²) < 4.78 is 5.15. The van der Waals surface area contributed by atoms with Gasteiger partial charge in [-0.1, -0.05) is 19.3 Å². The summed E-state index contributed by atoms with van der Waals surface area (Å²) in [5.41, 5.74) is 2.53. The molecule has 0 saturated carbocycles. The maximum absolute atomic E-state index is 5.22. The number of nitrogens with two attached hydrogens (primary N) is 1. The summed E-state index contributed by atoms with van der Waals surface area (Å²) in [6.45, 7) is 2.08. The van der Waals surface area contributed by atoms with Crippen molar-refractivity contribution in [1.29, 1.82) is 0 Å². The molecular formula is C8H16N2O. The van der Waals surface area contributed by atoms with E-state index in [1.54, 1.807) is 7.11 Å². The maximum atomic E-state index is 5.22. The van der Waals surface area contributed by atoms with Gasteiger partial charge < -0.3 is 4.74 Å². The fourth-order valence-electron chi connectivity index (χ4n) is 0.968.